The van der Waals surface area contributed by atoms with Gasteiger partial charge in [-0.15, -0.1) is 11.6 Å². The summed E-state index contributed by atoms with van der Waals surface area (Å²) in [6, 6.07) is 0. The largest absolute Gasteiger partial charge is 0.312 e. The number of hydrogen-bond acceptors (Lipinski definition) is 1. The van der Waals surface area contributed by atoms with Crippen LogP contribution in [-0.2, 0) is 0 Å². The van der Waals surface area contributed by atoms with Crippen molar-refractivity contribution in [1.82, 2.24) is 4.90 Å². The van der Waals surface area contributed by atoms with Crippen LogP contribution >= 0.6 is 11.6 Å². The molecule has 0 unspecified atom stereocenters. The van der Waals surface area contributed by atoms with E-state index in [4.69, 9.17) is 11.6 Å². The molecule has 0 amide bonds. The lowest BCUT2D eigenvalue weighted by molar-refractivity contribution is 0.505. The third-order valence-corrected chi connectivity index (χ3v) is 1.25. The van der Waals surface area contributed by atoms with Crippen LogP contribution in [0, 0.1) is 0 Å². The molecule has 0 heterocycles. The standard InChI is InChI=1S/C6H13Cl.C3H9N/c1-2-3-4-5-6-7;1-4(2)3/h2-6H2,1H3;1-3H3. The van der Waals surface area contributed by atoms with E-state index in [0.29, 0.717) is 0 Å². The van der Waals surface area contributed by atoms with Crippen molar-refractivity contribution in [3.8, 4) is 0 Å². The van der Waals surface area contributed by atoms with Crippen LogP contribution < -0.4 is 0 Å². The SMILES string of the molecule is CCCCCCCl.CN(C)C. The minimum absolute atomic E-state index is 0.833. The van der Waals surface area contributed by atoms with Gasteiger partial charge in [-0.25, -0.2) is 0 Å². The molecule has 0 aromatic heterocycles. The zero-order valence-corrected chi connectivity index (χ0v) is 9.12. The van der Waals surface area contributed by atoms with E-state index in [1.807, 2.05) is 26.0 Å². The molecule has 0 saturated carbocycles. The molecule has 11 heavy (non-hydrogen) atoms. The first-order valence-electron chi connectivity index (χ1n) is 4.32. The maximum Gasteiger partial charge on any atom is 0.0223 e. The fraction of sp³-hybridized carbons (Fsp3) is 1.00. The van der Waals surface area contributed by atoms with Gasteiger partial charge in [0.15, 0.2) is 0 Å². The number of unbranched alkanes of at least 4 members (excludes halogenated alkanes) is 3. The van der Waals surface area contributed by atoms with Gasteiger partial charge in [0.2, 0.25) is 0 Å². The average molecular weight is 180 g/mol. The summed E-state index contributed by atoms with van der Waals surface area (Å²) in [7, 11) is 6.00. The molecule has 1 nitrogen and oxygen atoms in total. The van der Waals surface area contributed by atoms with Gasteiger partial charge in [0.25, 0.3) is 0 Å². The highest BCUT2D eigenvalue weighted by molar-refractivity contribution is 6.17. The van der Waals surface area contributed by atoms with E-state index in [1.54, 1.807) is 0 Å². The van der Waals surface area contributed by atoms with E-state index in [-0.39, 0.29) is 0 Å². The summed E-state index contributed by atoms with van der Waals surface area (Å²) >= 11 is 5.44. The minimum atomic E-state index is 0.833. The topological polar surface area (TPSA) is 3.24 Å². The molecule has 0 aromatic rings. The lowest BCUT2D eigenvalue weighted by Crippen LogP contribution is -1.99. The quantitative estimate of drug-likeness (QED) is 0.474. The van der Waals surface area contributed by atoms with E-state index in [9.17, 15) is 0 Å². The van der Waals surface area contributed by atoms with E-state index in [0.717, 1.165) is 5.88 Å². The normalized spacial score (nSPS) is 9.27. The Morgan fingerprint density at radius 1 is 1.00 bits per heavy atom. The molecule has 0 saturated heterocycles. The van der Waals surface area contributed by atoms with Gasteiger partial charge in [0, 0.05) is 5.88 Å². The summed E-state index contributed by atoms with van der Waals surface area (Å²) in [5, 5.41) is 0. The summed E-state index contributed by atoms with van der Waals surface area (Å²) in [6.07, 6.45) is 5.14. The molecule has 0 aliphatic carbocycles. The van der Waals surface area contributed by atoms with E-state index < -0.39 is 0 Å². The molecular weight excluding hydrogens is 158 g/mol. The summed E-state index contributed by atoms with van der Waals surface area (Å²) in [4.78, 5) is 2.00. The van der Waals surface area contributed by atoms with Crippen molar-refractivity contribution in [2.24, 2.45) is 0 Å². The van der Waals surface area contributed by atoms with E-state index in [2.05, 4.69) is 6.92 Å². The first-order chi connectivity index (χ1) is 5.15. The molecule has 0 N–H and O–H groups in total. The van der Waals surface area contributed by atoms with Crippen LogP contribution in [0.4, 0.5) is 0 Å². The van der Waals surface area contributed by atoms with Gasteiger partial charge in [-0.1, -0.05) is 26.2 Å². The second-order valence-electron chi connectivity index (χ2n) is 3.09. The molecule has 0 bridgehead atoms. The molecule has 0 rings (SSSR count). The lowest BCUT2D eigenvalue weighted by atomic mass is 10.2. The van der Waals surface area contributed by atoms with E-state index >= 15 is 0 Å². The lowest BCUT2D eigenvalue weighted by Gasteiger charge is -1.90. The number of hydrogen-bond donors (Lipinski definition) is 0. The molecule has 0 fully saturated rings. The van der Waals surface area contributed by atoms with Crippen LogP contribution in [0.1, 0.15) is 32.6 Å². The van der Waals surface area contributed by atoms with Crippen LogP contribution in [-0.4, -0.2) is 31.9 Å². The van der Waals surface area contributed by atoms with Crippen molar-refractivity contribution >= 4 is 11.6 Å². The number of rotatable bonds is 4. The zero-order chi connectivity index (χ0) is 9.11. The first-order valence-corrected chi connectivity index (χ1v) is 4.85. The van der Waals surface area contributed by atoms with Gasteiger partial charge in [0.1, 0.15) is 0 Å². The summed E-state index contributed by atoms with van der Waals surface area (Å²) in [5.41, 5.74) is 0. The summed E-state index contributed by atoms with van der Waals surface area (Å²) in [6.45, 7) is 2.20. The second kappa shape index (κ2) is 12.9. The van der Waals surface area contributed by atoms with Crippen LogP contribution in [0.5, 0.6) is 0 Å². The fourth-order valence-electron chi connectivity index (χ4n) is 0.521. The maximum atomic E-state index is 5.44. The van der Waals surface area contributed by atoms with E-state index in [1.165, 1.54) is 25.7 Å². The molecule has 0 aromatic carbocycles. The molecule has 0 radical (unpaired) electrons. The Balaban J connectivity index is 0. The Morgan fingerprint density at radius 3 is 1.73 bits per heavy atom. The van der Waals surface area contributed by atoms with Gasteiger partial charge >= 0.3 is 0 Å². The second-order valence-corrected chi connectivity index (χ2v) is 3.47. The predicted octanol–water partition coefficient (Wildman–Crippen LogP) is 2.98. The van der Waals surface area contributed by atoms with Gasteiger partial charge in [-0.2, -0.15) is 0 Å². The number of halogens is 1. The highest BCUT2D eigenvalue weighted by atomic mass is 35.5. The van der Waals surface area contributed by atoms with Crippen molar-refractivity contribution in [3.63, 3.8) is 0 Å². The third kappa shape index (κ3) is 38.6. The first kappa shape index (κ1) is 13.8. The highest BCUT2D eigenvalue weighted by Crippen LogP contribution is 1.98. The smallest absolute Gasteiger partial charge is 0.0223 e. The van der Waals surface area contributed by atoms with Gasteiger partial charge in [-0.05, 0) is 27.6 Å². The number of nitrogens with zero attached hydrogens (tertiary/aromatic N) is 1. The number of alkyl halides is 1. The van der Waals surface area contributed by atoms with Crippen molar-refractivity contribution < 1.29 is 0 Å². The Hall–Kier alpha value is 0.250. The summed E-state index contributed by atoms with van der Waals surface area (Å²) < 4.78 is 0. The third-order valence-electron chi connectivity index (χ3n) is 0.987. The molecule has 70 valence electrons. The summed E-state index contributed by atoms with van der Waals surface area (Å²) in [5.74, 6) is 0.833. The van der Waals surface area contributed by atoms with Crippen LogP contribution in [0.15, 0.2) is 0 Å². The maximum absolute atomic E-state index is 5.44. The predicted molar refractivity (Wildman–Crippen MR) is 54.5 cm³/mol. The molecule has 0 spiro atoms. The Morgan fingerprint density at radius 2 is 1.45 bits per heavy atom. The molecule has 0 atom stereocenters. The van der Waals surface area contributed by atoms with Gasteiger partial charge in [-0.3, -0.25) is 0 Å². The van der Waals surface area contributed by atoms with Crippen LogP contribution in [0.3, 0.4) is 0 Å². The van der Waals surface area contributed by atoms with Crippen molar-refractivity contribution in [1.29, 1.82) is 0 Å². The van der Waals surface area contributed by atoms with Crippen molar-refractivity contribution in [2.75, 3.05) is 27.0 Å². The minimum Gasteiger partial charge on any atom is -0.312 e. The Bertz CT molecular complexity index is 48.8. The van der Waals surface area contributed by atoms with Crippen LogP contribution in [0.2, 0.25) is 0 Å². The molecular formula is C9H22ClN. The fourth-order valence-corrected chi connectivity index (χ4v) is 0.710. The molecule has 2 heteroatoms. The van der Waals surface area contributed by atoms with Crippen LogP contribution in [0.25, 0.3) is 0 Å². The molecule has 0 aliphatic heterocycles. The Kier molecular flexibility index (Phi) is 16.2. The monoisotopic (exact) mass is 179 g/mol. The zero-order valence-electron chi connectivity index (χ0n) is 8.36. The average Bonchev–Trinajstić information content (AvgIpc) is 1.88. The Labute approximate surface area is 76.7 Å². The highest BCUT2D eigenvalue weighted by Gasteiger charge is 1.81. The van der Waals surface area contributed by atoms with Crippen molar-refractivity contribution in [2.45, 2.75) is 32.6 Å². The van der Waals surface area contributed by atoms with Crippen molar-refractivity contribution in [3.05, 3.63) is 0 Å². The van der Waals surface area contributed by atoms with Gasteiger partial charge < -0.3 is 4.90 Å². The van der Waals surface area contributed by atoms with Gasteiger partial charge in [0.05, 0.1) is 0 Å². The molecule has 0 aliphatic rings.